The van der Waals surface area contributed by atoms with Crippen LogP contribution in [0.1, 0.15) is 6.42 Å². The number of aliphatic imine (C=N–C) groups is 1. The van der Waals surface area contributed by atoms with Crippen LogP contribution in [0.15, 0.2) is 27.2 Å². The smallest absolute Gasteiger partial charge is 0.124 e. The first-order valence-electron chi connectivity index (χ1n) is 4.26. The van der Waals surface area contributed by atoms with Crippen molar-refractivity contribution in [1.29, 1.82) is 0 Å². The van der Waals surface area contributed by atoms with Gasteiger partial charge in [0.1, 0.15) is 5.84 Å². The quantitative estimate of drug-likeness (QED) is 0.698. The van der Waals surface area contributed by atoms with Crippen molar-refractivity contribution in [1.82, 2.24) is 0 Å². The predicted molar refractivity (Wildman–Crippen MR) is 55.9 cm³/mol. The summed E-state index contributed by atoms with van der Waals surface area (Å²) < 4.78 is 6.66. The van der Waals surface area contributed by atoms with Crippen LogP contribution in [-0.4, -0.2) is 25.1 Å². The van der Waals surface area contributed by atoms with Gasteiger partial charge in [0.25, 0.3) is 0 Å². The van der Waals surface area contributed by atoms with Crippen LogP contribution >= 0.6 is 15.9 Å². The molecule has 70 valence electrons. The molecule has 1 atom stereocenters. The highest BCUT2D eigenvalue weighted by Gasteiger charge is 2.22. The molecule has 2 aliphatic rings. The Labute approximate surface area is 85.5 Å². The normalized spacial score (nSPS) is 28.1. The molecule has 0 aromatic carbocycles. The molecule has 0 saturated carbocycles. The third-order valence-electron chi connectivity index (χ3n) is 2.16. The molecule has 0 fully saturated rings. The molecular weight excluding hydrogens is 232 g/mol. The van der Waals surface area contributed by atoms with E-state index < -0.39 is 0 Å². The molecule has 1 heterocycles. The van der Waals surface area contributed by atoms with Crippen LogP contribution in [-0.2, 0) is 4.74 Å². The Hall–Kier alpha value is -0.610. The van der Waals surface area contributed by atoms with E-state index in [0.29, 0.717) is 19.0 Å². The summed E-state index contributed by atoms with van der Waals surface area (Å²) in [5.74, 6) is 0.618. The van der Waals surface area contributed by atoms with Gasteiger partial charge in [0, 0.05) is 10.1 Å². The number of rotatable bonds is 0. The molecule has 1 aliphatic heterocycles. The monoisotopic (exact) mass is 242 g/mol. The molecule has 0 aromatic heterocycles. The van der Waals surface area contributed by atoms with Crippen LogP contribution in [0.5, 0.6) is 0 Å². The highest BCUT2D eigenvalue weighted by atomic mass is 79.9. The van der Waals surface area contributed by atoms with Crippen molar-refractivity contribution < 1.29 is 4.74 Å². The van der Waals surface area contributed by atoms with Gasteiger partial charge in [-0.2, -0.15) is 0 Å². The highest BCUT2D eigenvalue weighted by molar-refractivity contribution is 9.11. The third-order valence-corrected chi connectivity index (χ3v) is 2.71. The van der Waals surface area contributed by atoms with E-state index in [9.17, 15) is 0 Å². The highest BCUT2D eigenvalue weighted by Crippen LogP contribution is 2.25. The molecule has 3 nitrogen and oxygen atoms in total. The van der Waals surface area contributed by atoms with Crippen molar-refractivity contribution >= 4 is 21.8 Å². The number of fused-ring (bicyclic) bond motifs is 1. The standard InChI is InChI=1S/C9H11BrN2O/c10-6-1-2-8-7(5-6)9(11)12-3-4-13-8/h1,5,8H,2-4H2,(H2,11,12). The third kappa shape index (κ3) is 1.84. The molecule has 1 unspecified atom stereocenters. The van der Waals surface area contributed by atoms with Crippen LogP contribution in [0, 0.1) is 0 Å². The van der Waals surface area contributed by atoms with E-state index in [-0.39, 0.29) is 6.10 Å². The van der Waals surface area contributed by atoms with E-state index in [1.165, 1.54) is 0 Å². The maximum absolute atomic E-state index is 5.81. The van der Waals surface area contributed by atoms with E-state index in [1.807, 2.05) is 6.08 Å². The Morgan fingerprint density at radius 3 is 3.31 bits per heavy atom. The second-order valence-corrected chi connectivity index (χ2v) is 3.97. The van der Waals surface area contributed by atoms with E-state index in [1.54, 1.807) is 0 Å². The molecule has 2 N–H and O–H groups in total. The van der Waals surface area contributed by atoms with Crippen molar-refractivity contribution in [2.45, 2.75) is 12.5 Å². The molecule has 0 saturated heterocycles. The van der Waals surface area contributed by atoms with Crippen LogP contribution in [0.4, 0.5) is 0 Å². The zero-order valence-electron chi connectivity index (χ0n) is 7.16. The van der Waals surface area contributed by atoms with Crippen molar-refractivity contribution in [3.63, 3.8) is 0 Å². The molecule has 2 rings (SSSR count). The molecule has 0 spiro atoms. The average molecular weight is 243 g/mol. The molecule has 0 aromatic rings. The largest absolute Gasteiger partial charge is 0.384 e. The summed E-state index contributed by atoms with van der Waals surface area (Å²) in [6, 6.07) is 0. The van der Waals surface area contributed by atoms with Crippen molar-refractivity contribution in [2.24, 2.45) is 10.7 Å². The summed E-state index contributed by atoms with van der Waals surface area (Å²) in [5.41, 5.74) is 6.81. The number of ether oxygens (including phenoxy) is 1. The van der Waals surface area contributed by atoms with Gasteiger partial charge in [-0.1, -0.05) is 22.0 Å². The lowest BCUT2D eigenvalue weighted by molar-refractivity contribution is 0.0918. The maximum Gasteiger partial charge on any atom is 0.124 e. The Kier molecular flexibility index (Phi) is 2.51. The fraction of sp³-hybridized carbons (Fsp3) is 0.444. The number of halogens is 1. The second kappa shape index (κ2) is 3.64. The van der Waals surface area contributed by atoms with Crippen LogP contribution < -0.4 is 5.73 Å². The minimum absolute atomic E-state index is 0.104. The molecule has 0 amide bonds. The van der Waals surface area contributed by atoms with E-state index >= 15 is 0 Å². The van der Waals surface area contributed by atoms with Crippen LogP contribution in [0.3, 0.4) is 0 Å². The Morgan fingerprint density at radius 1 is 1.62 bits per heavy atom. The first-order valence-corrected chi connectivity index (χ1v) is 5.06. The number of nitrogens with two attached hydrogens (primary N) is 1. The lowest BCUT2D eigenvalue weighted by atomic mass is 10.0. The predicted octanol–water partition coefficient (Wildman–Crippen LogP) is 1.35. The zero-order chi connectivity index (χ0) is 9.26. The van der Waals surface area contributed by atoms with E-state index in [2.05, 4.69) is 27.0 Å². The van der Waals surface area contributed by atoms with Gasteiger partial charge >= 0.3 is 0 Å². The Balaban J connectivity index is 2.33. The van der Waals surface area contributed by atoms with E-state index in [4.69, 9.17) is 10.5 Å². The second-order valence-electron chi connectivity index (χ2n) is 3.05. The van der Waals surface area contributed by atoms with Crippen LogP contribution in [0.25, 0.3) is 0 Å². The molecule has 0 bridgehead atoms. The number of amidine groups is 1. The summed E-state index contributed by atoms with van der Waals surface area (Å²) in [6.07, 6.45) is 5.06. The van der Waals surface area contributed by atoms with Gasteiger partial charge < -0.3 is 10.5 Å². The lowest BCUT2D eigenvalue weighted by Crippen LogP contribution is -2.26. The average Bonchev–Trinajstić information content (AvgIpc) is 2.29. The molecule has 4 heteroatoms. The Morgan fingerprint density at radius 2 is 2.46 bits per heavy atom. The van der Waals surface area contributed by atoms with Gasteiger partial charge in [-0.3, -0.25) is 4.99 Å². The fourth-order valence-corrected chi connectivity index (χ4v) is 1.93. The van der Waals surface area contributed by atoms with E-state index in [0.717, 1.165) is 16.5 Å². The van der Waals surface area contributed by atoms with Gasteiger partial charge in [0.05, 0.1) is 19.3 Å². The first kappa shape index (κ1) is 8.97. The van der Waals surface area contributed by atoms with Gasteiger partial charge in [-0.15, -0.1) is 0 Å². The van der Waals surface area contributed by atoms with Crippen molar-refractivity contribution in [3.05, 3.63) is 22.2 Å². The van der Waals surface area contributed by atoms with Crippen molar-refractivity contribution in [2.75, 3.05) is 13.2 Å². The summed E-state index contributed by atoms with van der Waals surface area (Å²) >= 11 is 3.42. The SMILES string of the molecule is NC1=NCCOC2CC=C(Br)C=C12. The van der Waals surface area contributed by atoms with Crippen LogP contribution in [0.2, 0.25) is 0 Å². The maximum atomic E-state index is 5.81. The van der Waals surface area contributed by atoms with Crippen molar-refractivity contribution in [3.8, 4) is 0 Å². The minimum atomic E-state index is 0.104. The molecule has 13 heavy (non-hydrogen) atoms. The molecule has 0 radical (unpaired) electrons. The van der Waals surface area contributed by atoms with Gasteiger partial charge in [-0.25, -0.2) is 0 Å². The van der Waals surface area contributed by atoms with Gasteiger partial charge in [0.15, 0.2) is 0 Å². The number of allylic oxidation sites excluding steroid dienone is 2. The number of hydrogen-bond acceptors (Lipinski definition) is 3. The lowest BCUT2D eigenvalue weighted by Gasteiger charge is -2.19. The zero-order valence-corrected chi connectivity index (χ0v) is 8.75. The van der Waals surface area contributed by atoms with Gasteiger partial charge in [-0.05, 0) is 12.5 Å². The summed E-state index contributed by atoms with van der Waals surface area (Å²) in [7, 11) is 0. The number of hydrogen-bond donors (Lipinski definition) is 1. The first-order chi connectivity index (χ1) is 6.27. The topological polar surface area (TPSA) is 47.6 Å². The molecule has 1 aliphatic carbocycles. The summed E-state index contributed by atoms with van der Waals surface area (Å²) in [5, 5.41) is 0. The number of nitrogens with zero attached hydrogens (tertiary/aromatic N) is 1. The van der Waals surface area contributed by atoms with Gasteiger partial charge in [0.2, 0.25) is 0 Å². The Bertz CT molecular complexity index is 307. The minimum Gasteiger partial charge on any atom is -0.384 e. The summed E-state index contributed by atoms with van der Waals surface area (Å²) in [4.78, 5) is 4.20. The molecular formula is C9H11BrN2O. The fourth-order valence-electron chi connectivity index (χ4n) is 1.50. The summed E-state index contributed by atoms with van der Waals surface area (Å²) in [6.45, 7) is 1.32.